The fourth-order valence-corrected chi connectivity index (χ4v) is 1.35. The summed E-state index contributed by atoms with van der Waals surface area (Å²) in [6, 6.07) is 0. The molecule has 0 unspecified atom stereocenters. The smallest absolute Gasteiger partial charge is 0.219 e. The third-order valence-electron chi connectivity index (χ3n) is 3.15. The highest BCUT2D eigenvalue weighted by Gasteiger charge is 2.30. The third-order valence-corrected chi connectivity index (χ3v) is 3.15. The Morgan fingerprint density at radius 1 is 1.07 bits per heavy atom. The lowest BCUT2D eigenvalue weighted by molar-refractivity contribution is -0.133. The molecule has 90 valence electrons. The standard InChI is InChI=1S/C12H26N2O/c1-10(15)14(8)12(5,6)9-13(7)11(2,3)4/h9H2,1-8H3. The Hall–Kier alpha value is -0.570. The van der Waals surface area contributed by atoms with E-state index in [0.29, 0.717) is 0 Å². The van der Waals surface area contributed by atoms with Crippen LogP contribution >= 0.6 is 0 Å². The van der Waals surface area contributed by atoms with Crippen molar-refractivity contribution in [2.24, 2.45) is 0 Å². The first-order valence-electron chi connectivity index (χ1n) is 5.44. The van der Waals surface area contributed by atoms with Gasteiger partial charge in [0, 0.05) is 31.6 Å². The molecule has 0 heterocycles. The van der Waals surface area contributed by atoms with E-state index in [0.717, 1.165) is 6.54 Å². The molecule has 0 N–H and O–H groups in total. The molecule has 0 aliphatic heterocycles. The van der Waals surface area contributed by atoms with E-state index in [4.69, 9.17) is 0 Å². The van der Waals surface area contributed by atoms with Gasteiger partial charge in [-0.05, 0) is 41.7 Å². The molecule has 15 heavy (non-hydrogen) atoms. The van der Waals surface area contributed by atoms with E-state index in [9.17, 15) is 4.79 Å². The first-order valence-corrected chi connectivity index (χ1v) is 5.44. The van der Waals surface area contributed by atoms with Gasteiger partial charge in [0.15, 0.2) is 0 Å². The molecular weight excluding hydrogens is 188 g/mol. The minimum atomic E-state index is -0.131. The summed E-state index contributed by atoms with van der Waals surface area (Å²) in [6.45, 7) is 13.2. The van der Waals surface area contributed by atoms with Crippen molar-refractivity contribution < 1.29 is 4.79 Å². The number of carbonyl (C=O) groups is 1. The van der Waals surface area contributed by atoms with Crippen molar-refractivity contribution in [2.45, 2.75) is 52.6 Å². The Labute approximate surface area is 94.4 Å². The maximum atomic E-state index is 11.3. The maximum Gasteiger partial charge on any atom is 0.219 e. The van der Waals surface area contributed by atoms with Crippen molar-refractivity contribution in [1.82, 2.24) is 9.80 Å². The van der Waals surface area contributed by atoms with Crippen LogP contribution < -0.4 is 0 Å². The molecule has 0 aliphatic rings. The van der Waals surface area contributed by atoms with E-state index >= 15 is 0 Å². The zero-order valence-electron chi connectivity index (χ0n) is 11.5. The first-order chi connectivity index (χ1) is 6.48. The summed E-state index contributed by atoms with van der Waals surface area (Å²) in [5, 5.41) is 0. The molecule has 0 bridgehead atoms. The predicted molar refractivity (Wildman–Crippen MR) is 64.9 cm³/mol. The largest absolute Gasteiger partial charge is 0.340 e. The second-order valence-electron chi connectivity index (χ2n) is 5.92. The molecule has 3 heteroatoms. The number of hydrogen-bond donors (Lipinski definition) is 0. The molecular formula is C12H26N2O. The van der Waals surface area contributed by atoms with Crippen LogP contribution in [0.5, 0.6) is 0 Å². The van der Waals surface area contributed by atoms with Crippen LogP contribution in [0.1, 0.15) is 41.5 Å². The molecule has 0 radical (unpaired) electrons. The van der Waals surface area contributed by atoms with Crippen LogP contribution in [0.15, 0.2) is 0 Å². The van der Waals surface area contributed by atoms with Crippen molar-refractivity contribution in [1.29, 1.82) is 0 Å². The van der Waals surface area contributed by atoms with Gasteiger partial charge in [0.05, 0.1) is 0 Å². The molecule has 0 fully saturated rings. The van der Waals surface area contributed by atoms with Crippen molar-refractivity contribution in [3.8, 4) is 0 Å². The van der Waals surface area contributed by atoms with Crippen molar-refractivity contribution in [3.63, 3.8) is 0 Å². The van der Waals surface area contributed by atoms with Gasteiger partial charge >= 0.3 is 0 Å². The lowest BCUT2D eigenvalue weighted by Gasteiger charge is -2.42. The van der Waals surface area contributed by atoms with Crippen LogP contribution in [0.3, 0.4) is 0 Å². The highest BCUT2D eigenvalue weighted by Crippen LogP contribution is 2.19. The number of nitrogens with zero attached hydrogens (tertiary/aromatic N) is 2. The van der Waals surface area contributed by atoms with Crippen molar-refractivity contribution in [2.75, 3.05) is 20.6 Å². The van der Waals surface area contributed by atoms with E-state index in [1.54, 1.807) is 11.8 Å². The van der Waals surface area contributed by atoms with Crippen LogP contribution in [0.2, 0.25) is 0 Å². The SMILES string of the molecule is CC(=O)N(C)C(C)(C)CN(C)C(C)(C)C. The quantitative estimate of drug-likeness (QED) is 0.717. The minimum Gasteiger partial charge on any atom is -0.340 e. The summed E-state index contributed by atoms with van der Waals surface area (Å²) in [5.41, 5.74) is 0.00274. The highest BCUT2D eigenvalue weighted by atomic mass is 16.2. The average molecular weight is 214 g/mol. The predicted octanol–water partition coefficient (Wildman–Crippen LogP) is 1.97. The average Bonchev–Trinajstić information content (AvgIpc) is 2.00. The summed E-state index contributed by atoms with van der Waals surface area (Å²) in [4.78, 5) is 15.4. The normalized spacial score (nSPS) is 13.1. The summed E-state index contributed by atoms with van der Waals surface area (Å²) in [5.74, 6) is 0.113. The molecule has 0 spiro atoms. The van der Waals surface area contributed by atoms with Crippen LogP contribution in [0.25, 0.3) is 0 Å². The van der Waals surface area contributed by atoms with E-state index < -0.39 is 0 Å². The Bertz CT molecular complexity index is 228. The Morgan fingerprint density at radius 2 is 1.47 bits per heavy atom. The van der Waals surface area contributed by atoms with Gasteiger partial charge in [-0.15, -0.1) is 0 Å². The summed E-state index contributed by atoms with van der Waals surface area (Å²) in [7, 11) is 3.95. The van der Waals surface area contributed by atoms with E-state index in [-0.39, 0.29) is 17.0 Å². The fraction of sp³-hybridized carbons (Fsp3) is 0.917. The van der Waals surface area contributed by atoms with Crippen molar-refractivity contribution in [3.05, 3.63) is 0 Å². The van der Waals surface area contributed by atoms with Gasteiger partial charge in [0.2, 0.25) is 5.91 Å². The molecule has 0 aromatic carbocycles. The molecule has 0 rings (SSSR count). The molecule has 0 aliphatic carbocycles. The Kier molecular flexibility index (Phi) is 4.35. The lowest BCUT2D eigenvalue weighted by atomic mass is 9.98. The summed E-state index contributed by atoms with van der Waals surface area (Å²) < 4.78 is 0. The second kappa shape index (κ2) is 4.52. The van der Waals surface area contributed by atoms with Crippen LogP contribution in [0.4, 0.5) is 0 Å². The molecule has 0 aromatic heterocycles. The number of hydrogen-bond acceptors (Lipinski definition) is 2. The molecule has 1 amide bonds. The first kappa shape index (κ1) is 14.4. The highest BCUT2D eigenvalue weighted by molar-refractivity contribution is 5.73. The fourth-order valence-electron chi connectivity index (χ4n) is 1.35. The Morgan fingerprint density at radius 3 is 1.73 bits per heavy atom. The number of carbonyl (C=O) groups excluding carboxylic acids is 1. The van der Waals surface area contributed by atoms with Crippen molar-refractivity contribution >= 4 is 5.91 Å². The Balaban J connectivity index is 4.57. The molecule has 0 aromatic rings. The van der Waals surface area contributed by atoms with Gasteiger partial charge in [-0.25, -0.2) is 0 Å². The zero-order chi connectivity index (χ0) is 12.4. The van der Waals surface area contributed by atoms with Gasteiger partial charge in [0.25, 0.3) is 0 Å². The third kappa shape index (κ3) is 4.20. The molecule has 0 saturated carbocycles. The van der Waals surface area contributed by atoms with E-state index in [1.165, 1.54) is 0 Å². The van der Waals surface area contributed by atoms with E-state index in [2.05, 4.69) is 46.6 Å². The number of likely N-dealkylation sites (N-methyl/N-ethyl adjacent to an activating group) is 2. The lowest BCUT2D eigenvalue weighted by Crippen LogP contribution is -2.54. The van der Waals surface area contributed by atoms with E-state index in [1.807, 2.05) is 7.05 Å². The second-order valence-corrected chi connectivity index (χ2v) is 5.92. The van der Waals surface area contributed by atoms with Gasteiger partial charge < -0.3 is 4.90 Å². The van der Waals surface area contributed by atoms with Crippen LogP contribution in [-0.2, 0) is 4.79 Å². The van der Waals surface area contributed by atoms with Gasteiger partial charge in [-0.3, -0.25) is 9.69 Å². The van der Waals surface area contributed by atoms with Gasteiger partial charge in [-0.2, -0.15) is 0 Å². The van der Waals surface area contributed by atoms with Gasteiger partial charge in [0.1, 0.15) is 0 Å². The van der Waals surface area contributed by atoms with Crippen LogP contribution in [-0.4, -0.2) is 47.4 Å². The molecule has 3 nitrogen and oxygen atoms in total. The number of amides is 1. The number of rotatable bonds is 3. The zero-order valence-corrected chi connectivity index (χ0v) is 11.5. The summed E-state index contributed by atoms with van der Waals surface area (Å²) >= 11 is 0. The van der Waals surface area contributed by atoms with Gasteiger partial charge in [-0.1, -0.05) is 0 Å². The molecule has 0 atom stereocenters. The minimum absolute atomic E-state index is 0.113. The topological polar surface area (TPSA) is 23.6 Å². The van der Waals surface area contributed by atoms with Crippen LogP contribution in [0, 0.1) is 0 Å². The summed E-state index contributed by atoms with van der Waals surface area (Å²) in [6.07, 6.45) is 0. The maximum absolute atomic E-state index is 11.3. The molecule has 0 saturated heterocycles. The monoisotopic (exact) mass is 214 g/mol.